The predicted octanol–water partition coefficient (Wildman–Crippen LogP) is 3.82. The number of piperazine rings is 1. The van der Waals surface area contributed by atoms with Gasteiger partial charge in [-0.15, -0.1) is 11.3 Å². The Hall–Kier alpha value is -2.25. The fourth-order valence-electron chi connectivity index (χ4n) is 4.75. The Morgan fingerprint density at radius 2 is 1.93 bits per heavy atom. The van der Waals surface area contributed by atoms with Crippen molar-refractivity contribution in [1.82, 2.24) is 14.5 Å². The van der Waals surface area contributed by atoms with Gasteiger partial charge in [0.05, 0.1) is 5.39 Å². The second-order valence-electron chi connectivity index (χ2n) is 8.25. The highest BCUT2D eigenvalue weighted by molar-refractivity contribution is 7.18. The van der Waals surface area contributed by atoms with Gasteiger partial charge >= 0.3 is 0 Å². The highest BCUT2D eigenvalue weighted by atomic mass is 32.1. The molecule has 0 radical (unpaired) electrons. The summed E-state index contributed by atoms with van der Waals surface area (Å²) >= 11 is 1.72. The summed E-state index contributed by atoms with van der Waals surface area (Å²) in [6.07, 6.45) is 4.46. The molecule has 2 aliphatic rings. The number of thiophene rings is 1. The normalized spacial score (nSPS) is 17.5. The number of benzene rings is 1. The minimum atomic E-state index is -0.186. The number of hydrogen-bond acceptors (Lipinski definition) is 5. The maximum absolute atomic E-state index is 13.5. The lowest BCUT2D eigenvalue weighted by Gasteiger charge is -2.36. The molecule has 0 amide bonds. The van der Waals surface area contributed by atoms with Gasteiger partial charge in [-0.2, -0.15) is 0 Å². The van der Waals surface area contributed by atoms with Gasteiger partial charge in [0, 0.05) is 44.1 Å². The molecule has 0 unspecified atom stereocenters. The van der Waals surface area contributed by atoms with E-state index in [9.17, 15) is 9.18 Å². The topological polar surface area (TPSA) is 41.4 Å². The molecule has 7 heteroatoms. The molecule has 0 spiro atoms. The quantitative estimate of drug-likeness (QED) is 0.636. The minimum Gasteiger partial charge on any atom is -0.340 e. The van der Waals surface area contributed by atoms with Gasteiger partial charge in [-0.1, -0.05) is 12.1 Å². The van der Waals surface area contributed by atoms with Crippen LogP contribution >= 0.6 is 11.3 Å². The molecule has 3 aromatic rings. The summed E-state index contributed by atoms with van der Waals surface area (Å²) in [7, 11) is 0. The standard InChI is InChI=1S/C23H27FN4OS/c1-2-28-22(29)20-18-8-3-4-9-19(18)30-21(20)25-23(28)27-12-10-26(11-13-27)15-16-6-5-7-17(24)14-16/h5-7,14H,2-4,8-13,15H2,1H3. The Balaban J connectivity index is 1.39. The summed E-state index contributed by atoms with van der Waals surface area (Å²) in [5.41, 5.74) is 2.38. The summed E-state index contributed by atoms with van der Waals surface area (Å²) in [6, 6.07) is 6.82. The number of halogens is 1. The number of aryl methyl sites for hydroxylation is 2. The van der Waals surface area contributed by atoms with Gasteiger partial charge < -0.3 is 4.90 Å². The largest absolute Gasteiger partial charge is 0.340 e. The van der Waals surface area contributed by atoms with Gasteiger partial charge in [-0.3, -0.25) is 14.3 Å². The Morgan fingerprint density at radius 1 is 1.13 bits per heavy atom. The molecule has 1 aliphatic heterocycles. The van der Waals surface area contributed by atoms with Crippen LogP contribution in [0.5, 0.6) is 0 Å². The summed E-state index contributed by atoms with van der Waals surface area (Å²) in [4.78, 5) is 25.2. The molecule has 158 valence electrons. The van der Waals surface area contributed by atoms with Gasteiger partial charge in [-0.05, 0) is 55.9 Å². The van der Waals surface area contributed by atoms with Crippen LogP contribution in [-0.4, -0.2) is 40.6 Å². The number of nitrogens with zero attached hydrogens (tertiary/aromatic N) is 4. The van der Waals surface area contributed by atoms with Crippen molar-refractivity contribution in [3.8, 4) is 0 Å². The SMILES string of the molecule is CCn1c(N2CCN(Cc3cccc(F)c3)CC2)nc2sc3c(c2c1=O)CCCC3. The van der Waals surface area contributed by atoms with E-state index < -0.39 is 0 Å². The molecule has 5 rings (SSSR count). The van der Waals surface area contributed by atoms with E-state index in [-0.39, 0.29) is 11.4 Å². The third-order valence-electron chi connectivity index (χ3n) is 6.32. The zero-order valence-corrected chi connectivity index (χ0v) is 18.2. The Labute approximate surface area is 179 Å². The van der Waals surface area contributed by atoms with Crippen molar-refractivity contribution in [2.45, 2.75) is 45.7 Å². The summed E-state index contributed by atoms with van der Waals surface area (Å²) in [6.45, 7) is 6.78. The van der Waals surface area contributed by atoms with Crippen LogP contribution in [0.4, 0.5) is 10.3 Å². The third-order valence-corrected chi connectivity index (χ3v) is 7.51. The molecule has 1 aromatic carbocycles. The highest BCUT2D eigenvalue weighted by Crippen LogP contribution is 2.34. The van der Waals surface area contributed by atoms with Crippen LogP contribution in [0.2, 0.25) is 0 Å². The van der Waals surface area contributed by atoms with Gasteiger partial charge in [0.2, 0.25) is 5.95 Å². The van der Waals surface area contributed by atoms with Crippen LogP contribution in [-0.2, 0) is 25.9 Å². The lowest BCUT2D eigenvalue weighted by atomic mass is 9.97. The number of hydrogen-bond donors (Lipinski definition) is 0. The van der Waals surface area contributed by atoms with Crippen molar-refractivity contribution >= 4 is 27.5 Å². The van der Waals surface area contributed by atoms with E-state index in [4.69, 9.17) is 4.98 Å². The van der Waals surface area contributed by atoms with E-state index in [2.05, 4.69) is 9.80 Å². The van der Waals surface area contributed by atoms with E-state index in [1.165, 1.54) is 29.3 Å². The van der Waals surface area contributed by atoms with Gasteiger partial charge in [0.15, 0.2) is 0 Å². The fourth-order valence-corrected chi connectivity index (χ4v) is 6.00. The Morgan fingerprint density at radius 3 is 2.70 bits per heavy atom. The molecule has 0 N–H and O–H groups in total. The third kappa shape index (κ3) is 3.54. The molecular weight excluding hydrogens is 399 g/mol. The molecular formula is C23H27FN4OS. The molecule has 2 aromatic heterocycles. The monoisotopic (exact) mass is 426 g/mol. The van der Waals surface area contributed by atoms with E-state index in [0.29, 0.717) is 6.54 Å². The van der Waals surface area contributed by atoms with E-state index in [0.717, 1.165) is 67.3 Å². The molecule has 0 atom stereocenters. The molecule has 3 heterocycles. The minimum absolute atomic E-state index is 0.124. The van der Waals surface area contributed by atoms with Crippen molar-refractivity contribution in [2.75, 3.05) is 31.1 Å². The lowest BCUT2D eigenvalue weighted by Crippen LogP contribution is -2.48. The Kier molecular flexibility index (Phi) is 5.33. The number of aromatic nitrogens is 2. The number of rotatable bonds is 4. The molecule has 1 aliphatic carbocycles. The molecule has 1 saturated heterocycles. The van der Waals surface area contributed by atoms with Crippen LogP contribution < -0.4 is 10.5 Å². The smallest absolute Gasteiger partial charge is 0.263 e. The van der Waals surface area contributed by atoms with Gasteiger partial charge in [0.25, 0.3) is 5.56 Å². The summed E-state index contributed by atoms with van der Waals surface area (Å²) in [5.74, 6) is 0.619. The second-order valence-corrected chi connectivity index (χ2v) is 9.33. The summed E-state index contributed by atoms with van der Waals surface area (Å²) in [5, 5.41) is 0.866. The van der Waals surface area contributed by atoms with Crippen LogP contribution in [0.15, 0.2) is 29.1 Å². The van der Waals surface area contributed by atoms with E-state index in [1.54, 1.807) is 23.5 Å². The van der Waals surface area contributed by atoms with Crippen molar-refractivity contribution in [1.29, 1.82) is 0 Å². The van der Waals surface area contributed by atoms with E-state index in [1.807, 2.05) is 17.6 Å². The highest BCUT2D eigenvalue weighted by Gasteiger charge is 2.25. The average molecular weight is 427 g/mol. The zero-order valence-electron chi connectivity index (χ0n) is 17.4. The molecule has 0 bridgehead atoms. The molecule has 1 fully saturated rings. The number of fused-ring (bicyclic) bond motifs is 3. The molecule has 30 heavy (non-hydrogen) atoms. The first-order chi connectivity index (χ1) is 14.6. The lowest BCUT2D eigenvalue weighted by molar-refractivity contribution is 0.247. The van der Waals surface area contributed by atoms with Gasteiger partial charge in [-0.25, -0.2) is 9.37 Å². The molecule has 0 saturated carbocycles. The van der Waals surface area contributed by atoms with Crippen LogP contribution in [0.1, 0.15) is 35.8 Å². The predicted molar refractivity (Wildman–Crippen MR) is 120 cm³/mol. The molecule has 5 nitrogen and oxygen atoms in total. The fraction of sp³-hybridized carbons (Fsp3) is 0.478. The summed E-state index contributed by atoms with van der Waals surface area (Å²) < 4.78 is 15.3. The maximum Gasteiger partial charge on any atom is 0.263 e. The number of anilines is 1. The van der Waals surface area contributed by atoms with Crippen molar-refractivity contribution in [2.24, 2.45) is 0 Å². The first-order valence-corrected chi connectivity index (χ1v) is 11.7. The second kappa shape index (κ2) is 8.12. The van der Waals surface area contributed by atoms with Crippen molar-refractivity contribution < 1.29 is 4.39 Å². The van der Waals surface area contributed by atoms with Crippen molar-refractivity contribution in [3.63, 3.8) is 0 Å². The van der Waals surface area contributed by atoms with Crippen LogP contribution in [0.25, 0.3) is 10.2 Å². The van der Waals surface area contributed by atoms with Gasteiger partial charge in [0.1, 0.15) is 10.6 Å². The zero-order chi connectivity index (χ0) is 20.7. The van der Waals surface area contributed by atoms with Crippen LogP contribution in [0.3, 0.4) is 0 Å². The first kappa shape index (κ1) is 19.7. The first-order valence-electron chi connectivity index (χ1n) is 10.9. The van der Waals surface area contributed by atoms with Crippen molar-refractivity contribution in [3.05, 3.63) is 56.4 Å². The van der Waals surface area contributed by atoms with E-state index >= 15 is 0 Å². The average Bonchev–Trinajstić information content (AvgIpc) is 3.13. The maximum atomic E-state index is 13.5. The Bertz CT molecular complexity index is 1130. The van der Waals surface area contributed by atoms with Crippen LogP contribution in [0, 0.1) is 5.82 Å².